The topological polar surface area (TPSA) is 26.0 Å². The second-order valence-corrected chi connectivity index (χ2v) is 5.80. The fourth-order valence-electron chi connectivity index (χ4n) is 2.45. The first-order valence-electron chi connectivity index (χ1n) is 6.35. The maximum absolute atomic E-state index is 14.1. The molecule has 0 amide bonds. The second kappa shape index (κ2) is 6.13. The van der Waals surface area contributed by atoms with Gasteiger partial charge in [0.25, 0.3) is 0 Å². The molecule has 1 nitrogen and oxygen atoms in total. The van der Waals surface area contributed by atoms with Crippen molar-refractivity contribution in [2.45, 2.75) is 26.3 Å². The Morgan fingerprint density at radius 3 is 2.30 bits per heavy atom. The van der Waals surface area contributed by atoms with Crippen molar-refractivity contribution in [3.8, 4) is 0 Å². The van der Waals surface area contributed by atoms with Crippen molar-refractivity contribution in [1.82, 2.24) is 0 Å². The van der Waals surface area contributed by atoms with Crippen molar-refractivity contribution in [3.05, 3.63) is 68.4 Å². The molecule has 2 rings (SSSR count). The van der Waals surface area contributed by atoms with Crippen molar-refractivity contribution in [2.75, 3.05) is 0 Å². The van der Waals surface area contributed by atoms with Gasteiger partial charge in [-0.15, -0.1) is 0 Å². The van der Waals surface area contributed by atoms with Gasteiger partial charge in [-0.1, -0.05) is 35.3 Å². The molecular weight excluding hydrogens is 296 g/mol. The van der Waals surface area contributed by atoms with E-state index in [0.29, 0.717) is 22.0 Å². The molecule has 1 atom stereocenters. The number of rotatable bonds is 3. The van der Waals surface area contributed by atoms with Crippen LogP contribution in [-0.2, 0) is 6.42 Å². The fourth-order valence-corrected chi connectivity index (χ4v) is 3.00. The number of hydrogen-bond acceptors (Lipinski definition) is 1. The SMILES string of the molecule is Cc1cc(C)c(C(N)Cc2c(Cl)cccc2Cl)c(F)c1. The molecule has 0 saturated heterocycles. The van der Waals surface area contributed by atoms with Crippen LogP contribution in [0.3, 0.4) is 0 Å². The smallest absolute Gasteiger partial charge is 0.128 e. The highest BCUT2D eigenvalue weighted by molar-refractivity contribution is 6.36. The summed E-state index contributed by atoms with van der Waals surface area (Å²) in [4.78, 5) is 0. The van der Waals surface area contributed by atoms with E-state index in [2.05, 4.69) is 0 Å². The Hall–Kier alpha value is -1.09. The number of hydrogen-bond donors (Lipinski definition) is 1. The lowest BCUT2D eigenvalue weighted by molar-refractivity contribution is 0.576. The first kappa shape index (κ1) is 15.3. The van der Waals surface area contributed by atoms with Gasteiger partial charge in [0.2, 0.25) is 0 Å². The maximum atomic E-state index is 14.1. The van der Waals surface area contributed by atoms with Gasteiger partial charge < -0.3 is 5.73 Å². The highest BCUT2D eigenvalue weighted by Crippen LogP contribution is 2.30. The Morgan fingerprint density at radius 2 is 1.75 bits per heavy atom. The van der Waals surface area contributed by atoms with E-state index < -0.39 is 6.04 Å². The summed E-state index contributed by atoms with van der Waals surface area (Å²) in [6.07, 6.45) is 0.402. The van der Waals surface area contributed by atoms with E-state index in [1.165, 1.54) is 6.07 Å². The molecule has 2 aromatic rings. The summed E-state index contributed by atoms with van der Waals surface area (Å²) in [5, 5.41) is 1.11. The Bertz CT molecular complexity index is 597. The van der Waals surface area contributed by atoms with Crippen molar-refractivity contribution < 1.29 is 4.39 Å². The minimum Gasteiger partial charge on any atom is -0.324 e. The molecular formula is C16H16Cl2FN. The fraction of sp³-hybridized carbons (Fsp3) is 0.250. The Kier molecular flexibility index (Phi) is 4.69. The van der Waals surface area contributed by atoms with E-state index in [1.54, 1.807) is 18.2 Å². The minimum atomic E-state index is -0.479. The van der Waals surface area contributed by atoms with E-state index >= 15 is 0 Å². The van der Waals surface area contributed by atoms with Crippen LogP contribution in [0.25, 0.3) is 0 Å². The molecule has 4 heteroatoms. The molecule has 0 saturated carbocycles. The lowest BCUT2D eigenvalue weighted by Gasteiger charge is -2.18. The third-order valence-electron chi connectivity index (χ3n) is 3.34. The van der Waals surface area contributed by atoms with Gasteiger partial charge >= 0.3 is 0 Å². The van der Waals surface area contributed by atoms with Crippen LogP contribution in [0, 0.1) is 19.7 Å². The molecule has 0 aliphatic heterocycles. The van der Waals surface area contributed by atoms with Crippen LogP contribution < -0.4 is 5.73 Å². The van der Waals surface area contributed by atoms with Crippen molar-refractivity contribution >= 4 is 23.2 Å². The van der Waals surface area contributed by atoms with E-state index in [1.807, 2.05) is 19.9 Å². The Balaban J connectivity index is 2.36. The van der Waals surface area contributed by atoms with Crippen molar-refractivity contribution in [1.29, 1.82) is 0 Å². The summed E-state index contributed by atoms with van der Waals surface area (Å²) < 4.78 is 14.1. The zero-order chi connectivity index (χ0) is 14.9. The van der Waals surface area contributed by atoms with Gasteiger partial charge in [0.1, 0.15) is 5.82 Å². The van der Waals surface area contributed by atoms with E-state index in [4.69, 9.17) is 28.9 Å². The predicted molar refractivity (Wildman–Crippen MR) is 83.0 cm³/mol. The largest absolute Gasteiger partial charge is 0.324 e. The summed E-state index contributed by atoms with van der Waals surface area (Å²) >= 11 is 12.3. The Morgan fingerprint density at radius 1 is 1.15 bits per heavy atom. The molecule has 0 radical (unpaired) electrons. The van der Waals surface area contributed by atoms with E-state index in [9.17, 15) is 4.39 Å². The van der Waals surface area contributed by atoms with Crippen LogP contribution in [0.2, 0.25) is 10.0 Å². The number of benzene rings is 2. The van der Waals surface area contributed by atoms with Gasteiger partial charge in [-0.05, 0) is 55.2 Å². The van der Waals surface area contributed by atoms with E-state index in [0.717, 1.165) is 16.7 Å². The zero-order valence-electron chi connectivity index (χ0n) is 11.4. The van der Waals surface area contributed by atoms with Crippen LogP contribution in [0.1, 0.15) is 28.3 Å². The van der Waals surface area contributed by atoms with Crippen molar-refractivity contribution in [2.24, 2.45) is 5.73 Å². The second-order valence-electron chi connectivity index (χ2n) is 4.99. The molecule has 2 aromatic carbocycles. The van der Waals surface area contributed by atoms with E-state index in [-0.39, 0.29) is 5.82 Å². The van der Waals surface area contributed by atoms with Gasteiger partial charge in [0.15, 0.2) is 0 Å². The molecule has 0 bridgehead atoms. The Labute approximate surface area is 128 Å². The molecule has 1 unspecified atom stereocenters. The molecule has 0 aromatic heterocycles. The quantitative estimate of drug-likeness (QED) is 0.849. The molecule has 0 spiro atoms. The number of nitrogens with two attached hydrogens (primary N) is 1. The summed E-state index contributed by atoms with van der Waals surface area (Å²) in [7, 11) is 0. The minimum absolute atomic E-state index is 0.279. The molecule has 0 heterocycles. The highest BCUT2D eigenvalue weighted by Gasteiger charge is 2.18. The lowest BCUT2D eigenvalue weighted by Crippen LogP contribution is -2.17. The van der Waals surface area contributed by atoms with Crippen LogP contribution in [-0.4, -0.2) is 0 Å². The van der Waals surface area contributed by atoms with Gasteiger partial charge in [0, 0.05) is 21.7 Å². The average Bonchev–Trinajstić information content (AvgIpc) is 2.32. The van der Waals surface area contributed by atoms with Crippen LogP contribution in [0.5, 0.6) is 0 Å². The van der Waals surface area contributed by atoms with Gasteiger partial charge in [-0.3, -0.25) is 0 Å². The third-order valence-corrected chi connectivity index (χ3v) is 4.05. The normalized spacial score (nSPS) is 12.5. The van der Waals surface area contributed by atoms with Gasteiger partial charge in [-0.25, -0.2) is 4.39 Å². The third kappa shape index (κ3) is 3.14. The number of aryl methyl sites for hydroxylation is 2. The van der Waals surface area contributed by atoms with Gasteiger partial charge in [0.05, 0.1) is 0 Å². The first-order chi connectivity index (χ1) is 9.40. The first-order valence-corrected chi connectivity index (χ1v) is 7.11. The van der Waals surface area contributed by atoms with Gasteiger partial charge in [-0.2, -0.15) is 0 Å². The van der Waals surface area contributed by atoms with Crippen LogP contribution in [0.15, 0.2) is 30.3 Å². The number of halogens is 3. The lowest BCUT2D eigenvalue weighted by atomic mass is 9.94. The standard InChI is InChI=1S/C16H16Cl2FN/c1-9-6-10(2)16(14(19)7-9)15(20)8-11-12(17)4-3-5-13(11)18/h3-7,15H,8,20H2,1-2H3. The molecule has 106 valence electrons. The monoisotopic (exact) mass is 311 g/mol. The summed E-state index contributed by atoms with van der Waals surface area (Å²) in [6, 6.07) is 8.23. The molecule has 20 heavy (non-hydrogen) atoms. The summed E-state index contributed by atoms with van der Waals surface area (Å²) in [6.45, 7) is 3.72. The zero-order valence-corrected chi connectivity index (χ0v) is 12.9. The molecule has 2 N–H and O–H groups in total. The van der Waals surface area contributed by atoms with Crippen LogP contribution in [0.4, 0.5) is 4.39 Å². The van der Waals surface area contributed by atoms with Crippen molar-refractivity contribution in [3.63, 3.8) is 0 Å². The molecule has 0 aliphatic rings. The predicted octanol–water partition coefficient (Wildman–Crippen LogP) is 4.99. The molecule has 0 fully saturated rings. The van der Waals surface area contributed by atoms with Crippen LogP contribution >= 0.6 is 23.2 Å². The average molecular weight is 312 g/mol. The highest BCUT2D eigenvalue weighted by atomic mass is 35.5. The molecule has 0 aliphatic carbocycles. The summed E-state index contributed by atoms with van der Waals surface area (Å²) in [5.41, 5.74) is 9.16. The summed E-state index contributed by atoms with van der Waals surface area (Å²) in [5.74, 6) is -0.279. The maximum Gasteiger partial charge on any atom is 0.128 e.